The number of nitrogens with one attached hydrogen (secondary N) is 4. The van der Waals surface area contributed by atoms with Crippen molar-refractivity contribution in [3.05, 3.63) is 97.5 Å². The summed E-state index contributed by atoms with van der Waals surface area (Å²) in [5, 5.41) is 17.5. The zero-order valence-electron chi connectivity index (χ0n) is 28.0. The number of rotatable bonds is 8. The third-order valence-electron chi connectivity index (χ3n) is 10.3. The molecule has 6 rings (SSSR count). The van der Waals surface area contributed by atoms with Crippen LogP contribution < -0.4 is 16.0 Å². The van der Waals surface area contributed by atoms with Gasteiger partial charge in [0, 0.05) is 74.1 Å². The number of hydrogen-bond donors (Lipinski definition) is 5. The maximum absolute atomic E-state index is 13.4. The first-order valence-corrected chi connectivity index (χ1v) is 16.3. The summed E-state index contributed by atoms with van der Waals surface area (Å²) < 4.78 is 10.6. The number of esters is 2. The van der Waals surface area contributed by atoms with Crippen LogP contribution in [0.15, 0.2) is 30.6 Å². The Balaban J connectivity index is 1.67. The predicted octanol–water partition coefficient (Wildman–Crippen LogP) is 4.73. The highest BCUT2D eigenvalue weighted by Crippen LogP contribution is 2.52. The van der Waals surface area contributed by atoms with Crippen molar-refractivity contribution >= 4 is 41.8 Å². The molecule has 3 aliphatic rings. The lowest BCUT2D eigenvalue weighted by molar-refractivity contribution is -0.146. The number of H-pyrrole nitrogens is 3. The Morgan fingerprint density at radius 3 is 2.38 bits per heavy atom. The molecular formula is C38H44N4O5. The van der Waals surface area contributed by atoms with Crippen LogP contribution in [0.3, 0.4) is 0 Å². The normalized spacial score (nSPS) is 25.1. The van der Waals surface area contributed by atoms with E-state index in [0.29, 0.717) is 23.3 Å². The van der Waals surface area contributed by atoms with Gasteiger partial charge in [-0.3, -0.25) is 9.59 Å². The topological polar surface area (TPSA) is 132 Å². The number of aliphatic hydroxyl groups excluding tert-OH is 1. The zero-order chi connectivity index (χ0) is 33.7. The molecule has 9 heteroatoms. The van der Waals surface area contributed by atoms with E-state index in [9.17, 15) is 14.7 Å². The summed E-state index contributed by atoms with van der Waals surface area (Å²) in [4.78, 5) is 37.0. The van der Waals surface area contributed by atoms with Gasteiger partial charge in [0.25, 0.3) is 0 Å². The van der Waals surface area contributed by atoms with Gasteiger partial charge in [-0.1, -0.05) is 39.2 Å². The average Bonchev–Trinajstić information content (AvgIpc) is 3.79. The SMILES string of the molecule is C=CCOC(=O)CC[C@@H]1/C2=C3/c4[nH]c(c(C)c4[C@H](O)[C@@H]3C(=O)OC)/C=c3\[nH]/c(c(C)c3CC)=C\c3[nH]c(c(C)c3C=C)/C=C(\N2)[C@H]1C. The molecule has 0 radical (unpaired) electrons. The Labute approximate surface area is 274 Å². The summed E-state index contributed by atoms with van der Waals surface area (Å²) in [5.41, 5.74) is 11.8. The zero-order valence-corrected chi connectivity index (χ0v) is 28.0. The van der Waals surface area contributed by atoms with Gasteiger partial charge in [-0.2, -0.15) is 0 Å². The van der Waals surface area contributed by atoms with E-state index in [1.54, 1.807) is 6.08 Å². The highest BCUT2D eigenvalue weighted by atomic mass is 16.5. The summed E-state index contributed by atoms with van der Waals surface area (Å²) >= 11 is 0. The number of ether oxygens (including phenoxy) is 2. The number of fused-ring (bicyclic) bond motifs is 7. The molecule has 5 N–H and O–H groups in total. The van der Waals surface area contributed by atoms with Crippen LogP contribution in [0.4, 0.5) is 0 Å². The Morgan fingerprint density at radius 2 is 1.70 bits per heavy atom. The van der Waals surface area contributed by atoms with Crippen molar-refractivity contribution in [3.63, 3.8) is 0 Å². The first-order valence-electron chi connectivity index (χ1n) is 16.3. The molecule has 47 heavy (non-hydrogen) atoms. The van der Waals surface area contributed by atoms with Crippen molar-refractivity contribution in [3.8, 4) is 0 Å². The quantitative estimate of drug-likeness (QED) is 0.180. The maximum Gasteiger partial charge on any atom is 0.316 e. The Hall–Kier alpha value is -4.76. The largest absolute Gasteiger partial charge is 0.468 e. The second-order valence-corrected chi connectivity index (χ2v) is 12.7. The molecule has 0 amide bonds. The van der Waals surface area contributed by atoms with Crippen LogP contribution in [0.25, 0.3) is 29.9 Å². The molecule has 1 aliphatic carbocycles. The standard InChI is InChI=1S/C38H44N4O5/c1-9-14-47-31(43)13-12-24-20(6)27-15-25-18(4)22(10-2)29(39-25)16-26-19(5)23(11-3)30(40-26)17-28-21(7)32-36(42-28)33(35(24)41-27)34(37(32)44)38(45)46-8/h9-10,15-17,20,24,34,37,39-42,44H,1-2,11-14H2,3-8H3/b26-16-,27-15-,30-17-,35-33-/t20-,24-,34+,37-/m0/s1. The highest BCUT2D eigenvalue weighted by Gasteiger charge is 2.48. The molecule has 246 valence electrons. The molecule has 0 saturated carbocycles. The van der Waals surface area contributed by atoms with E-state index >= 15 is 0 Å². The molecule has 3 aromatic heterocycles. The summed E-state index contributed by atoms with van der Waals surface area (Å²) in [6, 6.07) is 0. The minimum atomic E-state index is -1.11. The summed E-state index contributed by atoms with van der Waals surface area (Å²) in [5.74, 6) is -2.00. The van der Waals surface area contributed by atoms with Crippen LogP contribution in [0.2, 0.25) is 0 Å². The highest BCUT2D eigenvalue weighted by molar-refractivity contribution is 5.95. The van der Waals surface area contributed by atoms with Crippen molar-refractivity contribution in [2.75, 3.05) is 13.7 Å². The fourth-order valence-corrected chi connectivity index (χ4v) is 7.69. The summed E-state index contributed by atoms with van der Waals surface area (Å²) in [6.07, 6.45) is 10.2. The molecule has 0 aromatic carbocycles. The van der Waals surface area contributed by atoms with Crippen molar-refractivity contribution in [1.82, 2.24) is 20.3 Å². The lowest BCUT2D eigenvalue weighted by Gasteiger charge is -2.21. The Kier molecular flexibility index (Phi) is 8.53. The fourth-order valence-electron chi connectivity index (χ4n) is 7.69. The van der Waals surface area contributed by atoms with Crippen molar-refractivity contribution in [2.24, 2.45) is 17.8 Å². The number of carbonyl (C=O) groups is 2. The first-order chi connectivity index (χ1) is 22.5. The van der Waals surface area contributed by atoms with Gasteiger partial charge in [-0.05, 0) is 74.1 Å². The number of methoxy groups -OCH3 is 1. The van der Waals surface area contributed by atoms with Crippen molar-refractivity contribution in [2.45, 2.75) is 60.0 Å². The molecule has 0 unspecified atom stereocenters. The Morgan fingerprint density at radius 1 is 0.979 bits per heavy atom. The van der Waals surface area contributed by atoms with Gasteiger partial charge in [0.2, 0.25) is 0 Å². The van der Waals surface area contributed by atoms with Crippen LogP contribution in [0.1, 0.15) is 88.9 Å². The number of aliphatic hydroxyl groups is 1. The van der Waals surface area contributed by atoms with Gasteiger partial charge < -0.3 is 34.8 Å². The predicted molar refractivity (Wildman–Crippen MR) is 184 cm³/mol. The van der Waals surface area contributed by atoms with E-state index in [-0.39, 0.29) is 30.8 Å². The molecule has 4 atom stereocenters. The van der Waals surface area contributed by atoms with Crippen LogP contribution in [-0.2, 0) is 25.5 Å². The smallest absolute Gasteiger partial charge is 0.316 e. The number of aromatic nitrogens is 3. The van der Waals surface area contributed by atoms with E-state index in [1.165, 1.54) is 18.2 Å². The van der Waals surface area contributed by atoms with E-state index < -0.39 is 18.0 Å². The lowest BCUT2D eigenvalue weighted by Crippen LogP contribution is -2.24. The summed E-state index contributed by atoms with van der Waals surface area (Å²) in [7, 11) is 1.34. The third kappa shape index (κ3) is 5.23. The summed E-state index contributed by atoms with van der Waals surface area (Å²) in [6.45, 7) is 18.3. The number of carbonyl (C=O) groups excluding carboxylic acids is 2. The maximum atomic E-state index is 13.4. The van der Waals surface area contributed by atoms with Gasteiger partial charge in [0.1, 0.15) is 12.5 Å². The van der Waals surface area contributed by atoms with Crippen molar-refractivity contribution < 1.29 is 24.2 Å². The average molecular weight is 637 g/mol. The number of hydrogen-bond acceptors (Lipinski definition) is 6. The molecule has 1 saturated heterocycles. The van der Waals surface area contributed by atoms with E-state index in [2.05, 4.69) is 79.3 Å². The minimum Gasteiger partial charge on any atom is -0.468 e. The second kappa shape index (κ2) is 12.4. The molecule has 0 spiro atoms. The van der Waals surface area contributed by atoms with Crippen LogP contribution in [0.5, 0.6) is 0 Å². The Bertz CT molecular complexity index is 2000. The van der Waals surface area contributed by atoms with Crippen molar-refractivity contribution in [1.29, 1.82) is 0 Å². The monoisotopic (exact) mass is 636 g/mol. The van der Waals surface area contributed by atoms with Crippen LogP contribution in [-0.4, -0.2) is 45.7 Å². The van der Waals surface area contributed by atoms with Crippen LogP contribution >= 0.6 is 0 Å². The lowest BCUT2D eigenvalue weighted by atomic mass is 9.84. The van der Waals surface area contributed by atoms with E-state index in [0.717, 1.165) is 62.3 Å². The first kappa shape index (κ1) is 32.2. The molecule has 9 nitrogen and oxygen atoms in total. The molecular weight excluding hydrogens is 592 g/mol. The third-order valence-corrected chi connectivity index (χ3v) is 10.3. The van der Waals surface area contributed by atoms with Gasteiger partial charge in [0.15, 0.2) is 0 Å². The minimum absolute atomic E-state index is 0.0517. The van der Waals surface area contributed by atoms with Crippen LogP contribution in [0, 0.1) is 38.5 Å². The molecule has 8 bridgehead atoms. The molecule has 1 fully saturated rings. The van der Waals surface area contributed by atoms with E-state index in [1.807, 2.05) is 13.0 Å². The second-order valence-electron chi connectivity index (χ2n) is 12.7. The molecule has 5 heterocycles. The molecule has 2 aliphatic heterocycles. The molecule has 3 aromatic rings. The van der Waals surface area contributed by atoms with Gasteiger partial charge >= 0.3 is 11.9 Å². The van der Waals surface area contributed by atoms with Gasteiger partial charge in [-0.15, -0.1) is 0 Å². The van der Waals surface area contributed by atoms with Gasteiger partial charge in [-0.25, -0.2) is 0 Å². The van der Waals surface area contributed by atoms with E-state index in [4.69, 9.17) is 9.47 Å². The number of allylic oxidation sites excluding steroid dienone is 2. The number of aromatic amines is 3. The van der Waals surface area contributed by atoms with Gasteiger partial charge in [0.05, 0.1) is 18.9 Å². The fraction of sp³-hybridized carbons (Fsp3) is 0.368.